The molecule has 3 atom stereocenters. The van der Waals surface area contributed by atoms with Gasteiger partial charge in [0.05, 0.1) is 12.1 Å². The third-order valence-electron chi connectivity index (χ3n) is 6.40. The minimum absolute atomic E-state index is 0.179. The Morgan fingerprint density at radius 2 is 1.31 bits per heavy atom. The molecular formula is C28H51N7O3S. The van der Waals surface area contributed by atoms with Gasteiger partial charge in [-0.25, -0.2) is 0 Å². The minimum Gasteiger partial charge on any atom is -0.355 e. The molecule has 222 valence electrons. The average molecular weight is 566 g/mol. The number of hydrogen-bond acceptors (Lipinski definition) is 8. The van der Waals surface area contributed by atoms with E-state index in [0.29, 0.717) is 58.3 Å². The normalized spacial score (nSPS) is 13.4. The SMILES string of the molecule is Cc1ccc(CSCCNC(=O)[C@H](CCCCNC(=O)[C@@H](N)CCCCN)NC(=O)[C@@H](N)CCCCN)cc1. The van der Waals surface area contributed by atoms with Crippen molar-refractivity contribution in [3.05, 3.63) is 35.4 Å². The molecule has 0 unspecified atom stereocenters. The Morgan fingerprint density at radius 3 is 1.92 bits per heavy atom. The monoisotopic (exact) mass is 565 g/mol. The molecule has 0 fully saturated rings. The number of benzene rings is 1. The molecule has 11 heteroatoms. The number of amides is 3. The van der Waals surface area contributed by atoms with Crippen LogP contribution in [-0.4, -0.2) is 67.8 Å². The van der Waals surface area contributed by atoms with Gasteiger partial charge in [0.1, 0.15) is 6.04 Å². The third kappa shape index (κ3) is 16.5. The summed E-state index contributed by atoms with van der Waals surface area (Å²) in [7, 11) is 0. The van der Waals surface area contributed by atoms with Crippen molar-refractivity contribution in [3.8, 4) is 0 Å². The largest absolute Gasteiger partial charge is 0.355 e. The van der Waals surface area contributed by atoms with Gasteiger partial charge >= 0.3 is 0 Å². The molecule has 0 saturated carbocycles. The number of thioether (sulfide) groups is 1. The van der Waals surface area contributed by atoms with Gasteiger partial charge in [0, 0.05) is 24.6 Å². The molecular weight excluding hydrogens is 514 g/mol. The van der Waals surface area contributed by atoms with Gasteiger partial charge in [-0.15, -0.1) is 0 Å². The van der Waals surface area contributed by atoms with Gasteiger partial charge in [0.15, 0.2) is 0 Å². The van der Waals surface area contributed by atoms with E-state index in [1.807, 2.05) is 0 Å². The van der Waals surface area contributed by atoms with Crippen molar-refractivity contribution >= 4 is 29.5 Å². The fourth-order valence-electron chi connectivity index (χ4n) is 3.89. The first-order chi connectivity index (χ1) is 18.8. The van der Waals surface area contributed by atoms with Gasteiger partial charge in [-0.2, -0.15) is 11.8 Å². The van der Waals surface area contributed by atoms with Gasteiger partial charge in [-0.1, -0.05) is 42.7 Å². The van der Waals surface area contributed by atoms with Crippen LogP contribution in [0.5, 0.6) is 0 Å². The second-order valence-corrected chi connectivity index (χ2v) is 11.1. The van der Waals surface area contributed by atoms with Gasteiger partial charge in [0.2, 0.25) is 17.7 Å². The molecule has 10 nitrogen and oxygen atoms in total. The zero-order chi connectivity index (χ0) is 28.9. The lowest BCUT2D eigenvalue weighted by Crippen LogP contribution is -2.51. The van der Waals surface area contributed by atoms with E-state index in [0.717, 1.165) is 37.2 Å². The van der Waals surface area contributed by atoms with Crippen LogP contribution in [0.15, 0.2) is 24.3 Å². The van der Waals surface area contributed by atoms with E-state index in [9.17, 15) is 14.4 Å². The molecule has 0 bridgehead atoms. The number of rotatable bonds is 22. The molecule has 0 aliphatic carbocycles. The predicted octanol–water partition coefficient (Wildman–Crippen LogP) is 1.03. The highest BCUT2D eigenvalue weighted by Crippen LogP contribution is 2.12. The minimum atomic E-state index is -0.686. The number of aryl methyl sites for hydroxylation is 1. The van der Waals surface area contributed by atoms with E-state index < -0.39 is 18.1 Å². The first kappa shape index (κ1) is 34.8. The topological polar surface area (TPSA) is 191 Å². The Kier molecular flexibility index (Phi) is 19.3. The van der Waals surface area contributed by atoms with Crippen molar-refractivity contribution in [2.24, 2.45) is 22.9 Å². The summed E-state index contributed by atoms with van der Waals surface area (Å²) < 4.78 is 0. The maximum absolute atomic E-state index is 12.9. The first-order valence-corrected chi connectivity index (χ1v) is 15.3. The summed E-state index contributed by atoms with van der Waals surface area (Å²) in [5.41, 5.74) is 25.4. The van der Waals surface area contributed by atoms with Crippen LogP contribution >= 0.6 is 11.8 Å². The van der Waals surface area contributed by atoms with Gasteiger partial charge < -0.3 is 38.9 Å². The molecule has 0 saturated heterocycles. The zero-order valence-electron chi connectivity index (χ0n) is 23.6. The molecule has 0 radical (unpaired) electrons. The summed E-state index contributed by atoms with van der Waals surface area (Å²) in [5.74, 6) is 0.894. The molecule has 3 amide bonds. The van der Waals surface area contributed by atoms with Crippen molar-refractivity contribution in [3.63, 3.8) is 0 Å². The number of carbonyl (C=O) groups excluding carboxylic acids is 3. The number of nitrogens with two attached hydrogens (primary N) is 4. The quantitative estimate of drug-likeness (QED) is 0.101. The molecule has 1 aromatic rings. The van der Waals surface area contributed by atoms with E-state index in [-0.39, 0.29) is 17.7 Å². The Hall–Kier alpha value is -2.18. The molecule has 1 rings (SSSR count). The van der Waals surface area contributed by atoms with E-state index in [1.165, 1.54) is 11.1 Å². The Labute approximate surface area is 238 Å². The summed E-state index contributed by atoms with van der Waals surface area (Å²) in [6.07, 6.45) is 6.10. The molecule has 0 aliphatic rings. The maximum Gasteiger partial charge on any atom is 0.242 e. The molecule has 39 heavy (non-hydrogen) atoms. The Balaban J connectivity index is 2.48. The fraction of sp³-hybridized carbons (Fsp3) is 0.679. The second-order valence-electron chi connectivity index (χ2n) is 9.96. The van der Waals surface area contributed by atoms with Crippen molar-refractivity contribution < 1.29 is 14.4 Å². The third-order valence-corrected chi connectivity index (χ3v) is 7.43. The molecule has 0 spiro atoms. The van der Waals surface area contributed by atoms with Crippen molar-refractivity contribution in [1.29, 1.82) is 0 Å². The van der Waals surface area contributed by atoms with E-state index >= 15 is 0 Å². The summed E-state index contributed by atoms with van der Waals surface area (Å²) in [6.45, 7) is 4.16. The van der Waals surface area contributed by atoms with Crippen LogP contribution in [0.1, 0.15) is 68.9 Å². The van der Waals surface area contributed by atoms with Crippen molar-refractivity contribution in [2.45, 2.75) is 88.6 Å². The molecule has 0 aliphatic heterocycles. The van der Waals surface area contributed by atoms with Gasteiger partial charge in [-0.05, 0) is 70.5 Å². The Bertz CT molecular complexity index is 826. The zero-order valence-corrected chi connectivity index (χ0v) is 24.4. The standard InChI is InChI=1S/C28H51N7O3S/c1-21-11-13-22(14-12-21)20-39-19-18-34-28(38)25(35-27(37)24(32)9-3-6-16-30)10-4-7-17-33-26(36)23(31)8-2-5-15-29/h11-14,23-25H,2-10,15-20,29-32H2,1H3,(H,33,36)(H,34,38)(H,35,37)/t23-,24-,25-/m0/s1. The van der Waals surface area contributed by atoms with Crippen LogP contribution in [0, 0.1) is 6.92 Å². The summed E-state index contributed by atoms with van der Waals surface area (Å²) in [4.78, 5) is 37.7. The second kappa shape index (κ2) is 21.6. The molecule has 0 heterocycles. The molecule has 0 aromatic heterocycles. The van der Waals surface area contributed by atoms with Crippen molar-refractivity contribution in [2.75, 3.05) is 31.9 Å². The number of nitrogens with one attached hydrogen (secondary N) is 3. The van der Waals surface area contributed by atoms with E-state index in [2.05, 4.69) is 47.1 Å². The van der Waals surface area contributed by atoms with Crippen LogP contribution in [-0.2, 0) is 20.1 Å². The smallest absolute Gasteiger partial charge is 0.242 e. The fourth-order valence-corrected chi connectivity index (χ4v) is 4.71. The highest BCUT2D eigenvalue weighted by atomic mass is 32.2. The van der Waals surface area contributed by atoms with Crippen LogP contribution in [0.4, 0.5) is 0 Å². The average Bonchev–Trinajstić information content (AvgIpc) is 2.92. The molecule has 11 N–H and O–H groups in total. The highest BCUT2D eigenvalue weighted by Gasteiger charge is 2.23. The van der Waals surface area contributed by atoms with Crippen LogP contribution in [0.2, 0.25) is 0 Å². The van der Waals surface area contributed by atoms with Crippen LogP contribution < -0.4 is 38.9 Å². The summed E-state index contributed by atoms with van der Waals surface area (Å²) in [5, 5.41) is 8.63. The number of hydrogen-bond donors (Lipinski definition) is 7. The lowest BCUT2D eigenvalue weighted by atomic mass is 10.1. The lowest BCUT2D eigenvalue weighted by molar-refractivity contribution is -0.129. The Morgan fingerprint density at radius 1 is 0.744 bits per heavy atom. The summed E-state index contributed by atoms with van der Waals surface area (Å²) in [6, 6.07) is 6.50. The van der Waals surface area contributed by atoms with Gasteiger partial charge in [-0.3, -0.25) is 14.4 Å². The van der Waals surface area contributed by atoms with Crippen LogP contribution in [0.25, 0.3) is 0 Å². The van der Waals surface area contributed by atoms with E-state index in [4.69, 9.17) is 22.9 Å². The van der Waals surface area contributed by atoms with Crippen LogP contribution in [0.3, 0.4) is 0 Å². The summed E-state index contributed by atoms with van der Waals surface area (Å²) >= 11 is 1.74. The number of carbonyl (C=O) groups is 3. The van der Waals surface area contributed by atoms with Gasteiger partial charge in [0.25, 0.3) is 0 Å². The number of unbranched alkanes of at least 4 members (excludes halogenated alkanes) is 3. The first-order valence-electron chi connectivity index (χ1n) is 14.2. The van der Waals surface area contributed by atoms with E-state index in [1.54, 1.807) is 11.8 Å². The highest BCUT2D eigenvalue weighted by molar-refractivity contribution is 7.98. The molecule has 1 aromatic carbocycles. The van der Waals surface area contributed by atoms with Crippen molar-refractivity contribution in [1.82, 2.24) is 16.0 Å². The predicted molar refractivity (Wildman–Crippen MR) is 161 cm³/mol. The maximum atomic E-state index is 12.9. The lowest BCUT2D eigenvalue weighted by Gasteiger charge is -2.21.